The number of halogens is 1. The molecule has 0 saturated carbocycles. The third kappa shape index (κ3) is 6.15. The first-order valence-corrected chi connectivity index (χ1v) is 10.7. The van der Waals surface area contributed by atoms with Crippen LogP contribution in [-0.4, -0.2) is 63.2 Å². The zero-order valence-corrected chi connectivity index (χ0v) is 19.0. The molecule has 0 atom stereocenters. The average Bonchev–Trinajstić information content (AvgIpc) is 3.03. The van der Waals surface area contributed by atoms with Crippen molar-refractivity contribution in [1.29, 1.82) is 0 Å². The Bertz CT molecular complexity index is 889. The third-order valence-corrected chi connectivity index (χ3v) is 5.58. The zero-order chi connectivity index (χ0) is 22.2. The summed E-state index contributed by atoms with van der Waals surface area (Å²) in [6, 6.07) is 11.6. The summed E-state index contributed by atoms with van der Waals surface area (Å²) in [5, 5.41) is 0.746. The highest BCUT2D eigenvalue weighted by molar-refractivity contribution is 6.30. The van der Waals surface area contributed by atoms with Crippen LogP contribution in [-0.2, 0) is 11.3 Å². The molecule has 6 nitrogen and oxygen atoms in total. The summed E-state index contributed by atoms with van der Waals surface area (Å²) >= 11 is 5.97. The number of rotatable bonds is 7. The molecule has 2 aromatic rings. The van der Waals surface area contributed by atoms with E-state index >= 15 is 0 Å². The summed E-state index contributed by atoms with van der Waals surface area (Å²) in [7, 11) is 4.71. The fraction of sp³-hybridized carbons (Fsp3) is 0.375. The number of hydrogen-bond donors (Lipinski definition) is 0. The van der Waals surface area contributed by atoms with E-state index in [2.05, 4.69) is 17.0 Å². The van der Waals surface area contributed by atoms with Crippen molar-refractivity contribution in [2.24, 2.45) is 0 Å². The Kier molecular flexibility index (Phi) is 8.20. The van der Waals surface area contributed by atoms with E-state index < -0.39 is 0 Å². The number of methoxy groups -OCH3 is 3. The maximum atomic E-state index is 12.8. The average molecular weight is 445 g/mol. The fourth-order valence-electron chi connectivity index (χ4n) is 3.67. The van der Waals surface area contributed by atoms with Gasteiger partial charge in [0.15, 0.2) is 11.5 Å². The summed E-state index contributed by atoms with van der Waals surface area (Å²) in [5.74, 6) is 1.65. The highest BCUT2D eigenvalue weighted by Crippen LogP contribution is 2.38. The van der Waals surface area contributed by atoms with Gasteiger partial charge in [-0.2, -0.15) is 0 Å². The van der Waals surface area contributed by atoms with E-state index in [0.29, 0.717) is 23.8 Å². The van der Waals surface area contributed by atoms with Gasteiger partial charge < -0.3 is 19.1 Å². The Labute approximate surface area is 188 Å². The third-order valence-electron chi connectivity index (χ3n) is 5.33. The molecule has 166 valence electrons. The molecule has 1 aliphatic heterocycles. The van der Waals surface area contributed by atoms with E-state index in [-0.39, 0.29) is 5.91 Å². The zero-order valence-electron chi connectivity index (χ0n) is 18.3. The van der Waals surface area contributed by atoms with Gasteiger partial charge in [0.2, 0.25) is 11.7 Å². The highest BCUT2D eigenvalue weighted by atomic mass is 35.5. The maximum Gasteiger partial charge on any atom is 0.246 e. The van der Waals surface area contributed by atoms with Crippen molar-refractivity contribution in [2.75, 3.05) is 47.5 Å². The van der Waals surface area contributed by atoms with Crippen LogP contribution in [0.1, 0.15) is 17.5 Å². The van der Waals surface area contributed by atoms with E-state index in [4.69, 9.17) is 25.8 Å². The van der Waals surface area contributed by atoms with Gasteiger partial charge in [-0.3, -0.25) is 9.69 Å². The Balaban J connectivity index is 1.61. The van der Waals surface area contributed by atoms with E-state index in [1.807, 2.05) is 29.2 Å². The molecule has 0 unspecified atom stereocenters. The number of amides is 1. The second-order valence-corrected chi connectivity index (χ2v) is 7.81. The SMILES string of the molecule is COc1cc(/C=C/C(=O)N2CCCN(Cc3ccc(Cl)cc3)CC2)cc(OC)c1OC. The first-order valence-electron chi connectivity index (χ1n) is 10.3. The Morgan fingerprint density at radius 1 is 0.968 bits per heavy atom. The van der Waals surface area contributed by atoms with Gasteiger partial charge in [-0.05, 0) is 47.9 Å². The van der Waals surface area contributed by atoms with Crippen LogP contribution < -0.4 is 14.2 Å². The smallest absolute Gasteiger partial charge is 0.246 e. The van der Waals surface area contributed by atoms with Crippen molar-refractivity contribution >= 4 is 23.6 Å². The lowest BCUT2D eigenvalue weighted by Gasteiger charge is -2.21. The number of ether oxygens (including phenoxy) is 3. The lowest BCUT2D eigenvalue weighted by molar-refractivity contribution is -0.125. The Hall–Kier alpha value is -2.70. The van der Waals surface area contributed by atoms with Crippen molar-refractivity contribution < 1.29 is 19.0 Å². The lowest BCUT2D eigenvalue weighted by atomic mass is 10.1. The summed E-state index contributed by atoms with van der Waals surface area (Å²) in [6.45, 7) is 4.11. The topological polar surface area (TPSA) is 51.2 Å². The molecule has 1 heterocycles. The molecule has 1 aliphatic rings. The van der Waals surface area contributed by atoms with Crippen LogP contribution in [0.25, 0.3) is 6.08 Å². The predicted octanol–water partition coefficient (Wildman–Crippen LogP) is 4.11. The molecule has 1 fully saturated rings. The van der Waals surface area contributed by atoms with E-state index in [9.17, 15) is 4.79 Å². The molecule has 7 heteroatoms. The Morgan fingerprint density at radius 3 is 2.26 bits per heavy atom. The molecular weight excluding hydrogens is 416 g/mol. The van der Waals surface area contributed by atoms with Crippen molar-refractivity contribution in [2.45, 2.75) is 13.0 Å². The molecule has 31 heavy (non-hydrogen) atoms. The molecule has 3 rings (SSSR count). The van der Waals surface area contributed by atoms with Crippen molar-refractivity contribution in [3.8, 4) is 17.2 Å². The van der Waals surface area contributed by atoms with Gasteiger partial charge >= 0.3 is 0 Å². The van der Waals surface area contributed by atoms with Crippen LogP contribution >= 0.6 is 11.6 Å². The molecule has 0 spiro atoms. The molecule has 0 aromatic heterocycles. The van der Waals surface area contributed by atoms with Crippen molar-refractivity contribution in [3.05, 3.63) is 58.6 Å². The van der Waals surface area contributed by atoms with Gasteiger partial charge in [-0.15, -0.1) is 0 Å². The van der Waals surface area contributed by atoms with Crippen LogP contribution in [0.3, 0.4) is 0 Å². The van der Waals surface area contributed by atoms with E-state index in [0.717, 1.165) is 43.2 Å². The summed E-state index contributed by atoms with van der Waals surface area (Å²) < 4.78 is 16.1. The number of nitrogens with zero attached hydrogens (tertiary/aromatic N) is 2. The first kappa shape index (κ1) is 23.0. The van der Waals surface area contributed by atoms with E-state index in [1.165, 1.54) is 5.56 Å². The van der Waals surface area contributed by atoms with Gasteiger partial charge in [0, 0.05) is 43.8 Å². The maximum absolute atomic E-state index is 12.8. The second-order valence-electron chi connectivity index (χ2n) is 7.37. The van der Waals surface area contributed by atoms with Crippen LogP contribution in [0.2, 0.25) is 5.02 Å². The van der Waals surface area contributed by atoms with Crippen molar-refractivity contribution in [3.63, 3.8) is 0 Å². The number of benzene rings is 2. The fourth-order valence-corrected chi connectivity index (χ4v) is 3.79. The molecule has 1 saturated heterocycles. The molecule has 0 radical (unpaired) electrons. The molecule has 1 amide bonds. The van der Waals surface area contributed by atoms with Gasteiger partial charge in [0.1, 0.15) is 0 Å². The monoisotopic (exact) mass is 444 g/mol. The number of carbonyl (C=O) groups excluding carboxylic acids is 1. The minimum Gasteiger partial charge on any atom is -0.493 e. The van der Waals surface area contributed by atoms with Crippen LogP contribution in [0.5, 0.6) is 17.2 Å². The molecule has 0 aliphatic carbocycles. The summed E-state index contributed by atoms with van der Waals surface area (Å²) in [5.41, 5.74) is 2.04. The summed E-state index contributed by atoms with van der Waals surface area (Å²) in [4.78, 5) is 17.1. The molecule has 0 bridgehead atoms. The second kappa shape index (κ2) is 11.1. The van der Waals surface area contributed by atoms with Gasteiger partial charge in [-0.1, -0.05) is 23.7 Å². The largest absolute Gasteiger partial charge is 0.493 e. The summed E-state index contributed by atoms with van der Waals surface area (Å²) in [6.07, 6.45) is 4.33. The minimum absolute atomic E-state index is 0.00194. The normalized spacial score (nSPS) is 15.0. The lowest BCUT2D eigenvalue weighted by Crippen LogP contribution is -2.34. The molecule has 0 N–H and O–H groups in total. The standard InChI is InChI=1S/C24H29ClN2O4/c1-29-21-15-19(16-22(30-2)24(21)31-3)7-10-23(28)27-12-4-11-26(13-14-27)17-18-5-8-20(25)9-6-18/h5-10,15-16H,4,11-14,17H2,1-3H3/b10-7+. The van der Waals surface area contributed by atoms with Crippen molar-refractivity contribution in [1.82, 2.24) is 9.80 Å². The minimum atomic E-state index is 0.00194. The van der Waals surface area contributed by atoms with Gasteiger partial charge in [0.05, 0.1) is 21.3 Å². The van der Waals surface area contributed by atoms with Crippen LogP contribution in [0, 0.1) is 0 Å². The quantitative estimate of drug-likeness (QED) is 0.601. The molecule has 2 aromatic carbocycles. The van der Waals surface area contributed by atoms with Gasteiger partial charge in [-0.25, -0.2) is 0 Å². The van der Waals surface area contributed by atoms with E-state index in [1.54, 1.807) is 33.5 Å². The number of hydrogen-bond acceptors (Lipinski definition) is 5. The van der Waals surface area contributed by atoms with Gasteiger partial charge in [0.25, 0.3) is 0 Å². The first-order chi connectivity index (χ1) is 15.0. The Morgan fingerprint density at radius 2 is 1.65 bits per heavy atom. The highest BCUT2D eigenvalue weighted by Gasteiger charge is 2.18. The molecular formula is C24H29ClN2O4. The van der Waals surface area contributed by atoms with Crippen LogP contribution in [0.4, 0.5) is 0 Å². The van der Waals surface area contributed by atoms with Crippen LogP contribution in [0.15, 0.2) is 42.5 Å². The predicted molar refractivity (Wildman–Crippen MR) is 123 cm³/mol. The number of carbonyl (C=O) groups is 1.